The average molecular weight is 395 g/mol. The number of benzene rings is 2. The maximum atomic E-state index is 14.8. The molecule has 0 bridgehead atoms. The molecule has 0 aliphatic heterocycles. The van der Waals surface area contributed by atoms with Crippen LogP contribution in [0.15, 0.2) is 42.7 Å². The largest absolute Gasteiger partial charge is 0.453 e. The Labute approximate surface area is 158 Å². The highest BCUT2D eigenvalue weighted by atomic mass is 35.5. The molecule has 26 heavy (non-hydrogen) atoms. The van der Waals surface area contributed by atoms with Gasteiger partial charge in [-0.1, -0.05) is 29.3 Å². The van der Waals surface area contributed by atoms with Crippen LogP contribution in [0.2, 0.25) is 10.0 Å². The summed E-state index contributed by atoms with van der Waals surface area (Å²) in [5, 5.41) is 2.98. The molecular formula is C17H13Cl2FN4O2. The molecule has 1 amide bonds. The molecule has 0 aliphatic carbocycles. The summed E-state index contributed by atoms with van der Waals surface area (Å²) in [5.41, 5.74) is 6.26. The minimum absolute atomic E-state index is 0.0714. The summed E-state index contributed by atoms with van der Waals surface area (Å²) < 4.78 is 20.3. The predicted molar refractivity (Wildman–Crippen MR) is 97.1 cm³/mol. The van der Waals surface area contributed by atoms with Crippen molar-refractivity contribution in [3.63, 3.8) is 0 Å². The van der Waals surface area contributed by atoms with Crippen LogP contribution < -0.4 is 15.8 Å². The van der Waals surface area contributed by atoms with E-state index in [1.165, 1.54) is 42.7 Å². The van der Waals surface area contributed by atoms with Gasteiger partial charge in [-0.25, -0.2) is 9.37 Å². The van der Waals surface area contributed by atoms with Gasteiger partial charge >= 0.3 is 0 Å². The molecule has 1 aromatic heterocycles. The fourth-order valence-corrected chi connectivity index (χ4v) is 2.63. The lowest BCUT2D eigenvalue weighted by Gasteiger charge is -2.13. The van der Waals surface area contributed by atoms with Crippen LogP contribution in [0.5, 0.6) is 11.5 Å². The molecule has 0 saturated carbocycles. The van der Waals surface area contributed by atoms with Crippen molar-refractivity contribution in [2.24, 2.45) is 0 Å². The highest BCUT2D eigenvalue weighted by molar-refractivity contribution is 6.32. The first-order valence-corrected chi connectivity index (χ1v) is 8.18. The Bertz CT molecular complexity index is 928. The molecule has 6 nitrogen and oxygen atoms in total. The molecular weight excluding hydrogens is 382 g/mol. The van der Waals surface area contributed by atoms with Crippen molar-refractivity contribution in [2.75, 3.05) is 5.73 Å². The van der Waals surface area contributed by atoms with E-state index < -0.39 is 11.7 Å². The summed E-state index contributed by atoms with van der Waals surface area (Å²) in [6, 6.07) is 7.44. The van der Waals surface area contributed by atoms with Crippen LogP contribution >= 0.6 is 23.2 Å². The molecule has 0 fully saturated rings. The van der Waals surface area contributed by atoms with Gasteiger partial charge in [0.1, 0.15) is 5.75 Å². The van der Waals surface area contributed by atoms with Gasteiger partial charge in [-0.2, -0.15) is 0 Å². The Morgan fingerprint density at radius 3 is 2.81 bits per heavy atom. The number of halogens is 3. The van der Waals surface area contributed by atoms with Crippen LogP contribution in [-0.2, 0) is 6.54 Å². The van der Waals surface area contributed by atoms with E-state index in [9.17, 15) is 9.18 Å². The van der Waals surface area contributed by atoms with Gasteiger partial charge in [0.2, 0.25) is 0 Å². The van der Waals surface area contributed by atoms with Crippen molar-refractivity contribution in [3.05, 3.63) is 70.0 Å². The second-order valence-corrected chi connectivity index (χ2v) is 6.14. The lowest BCUT2D eigenvalue weighted by atomic mass is 10.2. The minimum atomic E-state index is -0.698. The van der Waals surface area contributed by atoms with Crippen LogP contribution in [0.25, 0.3) is 0 Å². The summed E-state index contributed by atoms with van der Waals surface area (Å²) in [4.78, 5) is 18.4. The minimum Gasteiger partial charge on any atom is -0.453 e. The number of H-pyrrole nitrogens is 1. The van der Waals surface area contributed by atoms with Gasteiger partial charge in [0, 0.05) is 41.3 Å². The zero-order valence-corrected chi connectivity index (χ0v) is 14.7. The number of ether oxygens (including phenoxy) is 1. The number of carbonyl (C=O) groups excluding carboxylic acids is 1. The summed E-state index contributed by atoms with van der Waals surface area (Å²) in [7, 11) is 0. The smallest absolute Gasteiger partial charge is 0.287 e. The molecule has 1 heterocycles. The number of hydrogen-bond donors (Lipinski definition) is 3. The average Bonchev–Trinajstić information content (AvgIpc) is 3.11. The van der Waals surface area contributed by atoms with Crippen molar-refractivity contribution in [2.45, 2.75) is 6.54 Å². The van der Waals surface area contributed by atoms with E-state index in [1.54, 1.807) is 0 Å². The van der Waals surface area contributed by atoms with Gasteiger partial charge < -0.3 is 20.8 Å². The van der Waals surface area contributed by atoms with Crippen molar-refractivity contribution >= 4 is 34.8 Å². The molecule has 3 rings (SSSR count). The second-order valence-electron chi connectivity index (χ2n) is 5.29. The number of carbonyl (C=O) groups is 1. The van der Waals surface area contributed by atoms with Crippen LogP contribution in [0.1, 0.15) is 16.2 Å². The third kappa shape index (κ3) is 4.07. The topological polar surface area (TPSA) is 93.0 Å². The fourth-order valence-electron chi connectivity index (χ4n) is 2.21. The van der Waals surface area contributed by atoms with Gasteiger partial charge in [-0.05, 0) is 18.2 Å². The number of hydrogen-bond acceptors (Lipinski definition) is 4. The molecule has 134 valence electrons. The lowest BCUT2D eigenvalue weighted by Crippen LogP contribution is -2.24. The standard InChI is InChI=1S/C17H13Cl2FN4O2/c18-10-5-11(21)7-12(6-10)26-15-13(19)2-1-9(14(15)20)8-24-17(25)16-22-3-4-23-16/h1-7H,8,21H2,(H,22,23)(H,24,25). The van der Waals surface area contributed by atoms with E-state index in [1.807, 2.05) is 0 Å². The molecule has 0 aliphatic rings. The molecule has 0 saturated heterocycles. The Kier molecular flexibility index (Phi) is 5.29. The van der Waals surface area contributed by atoms with E-state index >= 15 is 0 Å². The van der Waals surface area contributed by atoms with E-state index in [0.717, 1.165) is 0 Å². The normalized spacial score (nSPS) is 10.6. The molecule has 9 heteroatoms. The third-order valence-corrected chi connectivity index (χ3v) is 3.91. The number of anilines is 1. The number of aromatic nitrogens is 2. The number of aromatic amines is 1. The first-order chi connectivity index (χ1) is 12.4. The SMILES string of the molecule is Nc1cc(Cl)cc(Oc2c(Cl)ccc(CNC(=O)c3ncc[nH]3)c2F)c1. The summed E-state index contributed by atoms with van der Waals surface area (Å²) in [5.74, 6) is -0.971. The van der Waals surface area contributed by atoms with Crippen molar-refractivity contribution < 1.29 is 13.9 Å². The van der Waals surface area contributed by atoms with Gasteiger partial charge in [-0.3, -0.25) is 4.79 Å². The van der Waals surface area contributed by atoms with Gasteiger partial charge in [-0.15, -0.1) is 0 Å². The Hall–Kier alpha value is -2.77. The van der Waals surface area contributed by atoms with E-state index in [2.05, 4.69) is 15.3 Å². The monoisotopic (exact) mass is 394 g/mol. The summed E-state index contributed by atoms with van der Waals surface area (Å²) in [6.45, 7) is -0.0728. The highest BCUT2D eigenvalue weighted by Gasteiger charge is 2.17. The number of amides is 1. The summed E-state index contributed by atoms with van der Waals surface area (Å²) in [6.07, 6.45) is 2.96. The van der Waals surface area contributed by atoms with Gasteiger partial charge in [0.05, 0.1) is 5.02 Å². The third-order valence-electron chi connectivity index (χ3n) is 3.40. The number of nitrogens with two attached hydrogens (primary N) is 1. The van der Waals surface area contributed by atoms with Crippen molar-refractivity contribution in [3.8, 4) is 11.5 Å². The number of imidazole rings is 1. The number of nitrogens with zero attached hydrogens (tertiary/aromatic N) is 1. The lowest BCUT2D eigenvalue weighted by molar-refractivity contribution is 0.0941. The number of nitrogens with one attached hydrogen (secondary N) is 2. The first-order valence-electron chi connectivity index (χ1n) is 7.42. The van der Waals surface area contributed by atoms with Crippen LogP contribution in [-0.4, -0.2) is 15.9 Å². The van der Waals surface area contributed by atoms with E-state index in [4.69, 9.17) is 33.7 Å². The molecule has 0 atom stereocenters. The zero-order chi connectivity index (χ0) is 18.7. The molecule has 3 aromatic rings. The predicted octanol–water partition coefficient (Wildman–Crippen LogP) is 4.16. The Balaban J connectivity index is 1.80. The quantitative estimate of drug-likeness (QED) is 0.566. The second kappa shape index (κ2) is 7.63. The highest BCUT2D eigenvalue weighted by Crippen LogP contribution is 2.35. The maximum Gasteiger partial charge on any atom is 0.287 e. The zero-order valence-electron chi connectivity index (χ0n) is 13.2. The number of rotatable bonds is 5. The van der Waals surface area contributed by atoms with Crippen LogP contribution in [0, 0.1) is 5.82 Å². The van der Waals surface area contributed by atoms with Crippen molar-refractivity contribution in [1.82, 2.24) is 15.3 Å². The molecule has 0 unspecified atom stereocenters. The Morgan fingerprint density at radius 1 is 1.31 bits per heavy atom. The van der Waals surface area contributed by atoms with Crippen molar-refractivity contribution in [1.29, 1.82) is 0 Å². The first kappa shape index (κ1) is 18.0. The maximum absolute atomic E-state index is 14.8. The van der Waals surface area contributed by atoms with E-state index in [-0.39, 0.29) is 34.5 Å². The fraction of sp³-hybridized carbons (Fsp3) is 0.0588. The van der Waals surface area contributed by atoms with Crippen LogP contribution in [0.4, 0.5) is 10.1 Å². The summed E-state index contributed by atoms with van der Waals surface area (Å²) >= 11 is 12.0. The molecule has 0 spiro atoms. The molecule has 0 radical (unpaired) electrons. The number of nitrogen functional groups attached to an aromatic ring is 1. The molecule has 2 aromatic carbocycles. The van der Waals surface area contributed by atoms with Crippen LogP contribution in [0.3, 0.4) is 0 Å². The van der Waals surface area contributed by atoms with Gasteiger partial charge in [0.15, 0.2) is 17.4 Å². The van der Waals surface area contributed by atoms with Gasteiger partial charge in [0.25, 0.3) is 5.91 Å². The van der Waals surface area contributed by atoms with E-state index in [0.29, 0.717) is 10.7 Å². The Morgan fingerprint density at radius 2 is 2.12 bits per heavy atom. The molecule has 4 N–H and O–H groups in total.